The molecular formula is C26H27N5O2S. The molecule has 1 amide bonds. The standard InChI is InChI=1S/C26H27N5O2S/c1-19-7-9-21(10-8-19)27-25(33)24(20-5-3-2-4-6-20)30-13-11-29(12-14-30)18-22-17-23(32)31-15-16-34-26(31)28-22/h2-10,15-17,24H,11-14,18H2,1H3,(H,27,33)/t24-/m0/s1. The van der Waals surface area contributed by atoms with E-state index in [0.717, 1.165) is 53.6 Å². The van der Waals surface area contributed by atoms with Gasteiger partial charge in [0.25, 0.3) is 5.56 Å². The highest BCUT2D eigenvalue weighted by Crippen LogP contribution is 2.25. The number of thiazole rings is 1. The molecule has 0 unspecified atom stereocenters. The molecule has 1 fully saturated rings. The minimum atomic E-state index is -0.366. The summed E-state index contributed by atoms with van der Waals surface area (Å²) in [6.45, 7) is 5.76. The van der Waals surface area contributed by atoms with Crippen molar-refractivity contribution >= 4 is 27.9 Å². The maximum Gasteiger partial charge on any atom is 0.258 e. The predicted octanol–water partition coefficient (Wildman–Crippen LogP) is 3.56. The topological polar surface area (TPSA) is 70.0 Å². The Labute approximate surface area is 202 Å². The lowest BCUT2D eigenvalue weighted by molar-refractivity contribution is -0.122. The third-order valence-corrected chi connectivity index (χ3v) is 6.95. The van der Waals surface area contributed by atoms with Gasteiger partial charge in [-0.3, -0.25) is 23.8 Å². The molecule has 0 radical (unpaired) electrons. The van der Waals surface area contributed by atoms with Crippen molar-refractivity contribution in [3.05, 3.63) is 99.4 Å². The van der Waals surface area contributed by atoms with Gasteiger partial charge < -0.3 is 5.32 Å². The van der Waals surface area contributed by atoms with Crippen LogP contribution in [-0.4, -0.2) is 51.3 Å². The van der Waals surface area contributed by atoms with E-state index in [0.29, 0.717) is 6.54 Å². The second-order valence-corrected chi connectivity index (χ2v) is 9.49. The van der Waals surface area contributed by atoms with E-state index in [2.05, 4.69) is 20.1 Å². The average molecular weight is 474 g/mol. The smallest absolute Gasteiger partial charge is 0.258 e. The van der Waals surface area contributed by atoms with Crippen LogP contribution in [0.1, 0.15) is 22.9 Å². The van der Waals surface area contributed by atoms with E-state index in [9.17, 15) is 9.59 Å². The maximum atomic E-state index is 13.4. The van der Waals surface area contributed by atoms with E-state index >= 15 is 0 Å². The van der Waals surface area contributed by atoms with Gasteiger partial charge in [0, 0.05) is 56.1 Å². The molecule has 34 heavy (non-hydrogen) atoms. The lowest BCUT2D eigenvalue weighted by atomic mass is 10.0. The Morgan fingerprint density at radius 1 is 1.06 bits per heavy atom. The number of anilines is 1. The van der Waals surface area contributed by atoms with Gasteiger partial charge in [0.2, 0.25) is 5.91 Å². The van der Waals surface area contributed by atoms with Crippen LogP contribution in [0.15, 0.2) is 77.0 Å². The summed E-state index contributed by atoms with van der Waals surface area (Å²) in [4.78, 5) is 35.6. The van der Waals surface area contributed by atoms with E-state index in [4.69, 9.17) is 0 Å². The SMILES string of the molecule is Cc1ccc(NC(=O)[C@H](c2ccccc2)N2CCN(Cc3cc(=O)n4ccsc4n3)CC2)cc1. The molecule has 0 spiro atoms. The molecule has 1 atom stereocenters. The number of rotatable bonds is 6. The minimum absolute atomic E-state index is 0.0265. The van der Waals surface area contributed by atoms with Gasteiger partial charge in [0.15, 0.2) is 4.96 Å². The highest BCUT2D eigenvalue weighted by atomic mass is 32.1. The molecule has 1 saturated heterocycles. The lowest BCUT2D eigenvalue weighted by Gasteiger charge is -2.38. The third kappa shape index (κ3) is 4.94. The summed E-state index contributed by atoms with van der Waals surface area (Å²) in [6.07, 6.45) is 1.75. The summed E-state index contributed by atoms with van der Waals surface area (Å²) in [5.74, 6) is -0.0265. The van der Waals surface area contributed by atoms with Gasteiger partial charge in [-0.2, -0.15) is 0 Å². The Hall–Kier alpha value is -3.33. The highest BCUT2D eigenvalue weighted by Gasteiger charge is 2.30. The molecule has 0 aliphatic carbocycles. The van der Waals surface area contributed by atoms with Gasteiger partial charge in [-0.15, -0.1) is 11.3 Å². The molecule has 3 heterocycles. The number of amides is 1. The average Bonchev–Trinajstić information content (AvgIpc) is 3.32. The first kappa shape index (κ1) is 22.5. The molecule has 8 heteroatoms. The van der Waals surface area contributed by atoms with Crippen molar-refractivity contribution in [1.82, 2.24) is 19.2 Å². The van der Waals surface area contributed by atoms with Crippen LogP contribution < -0.4 is 10.9 Å². The first-order valence-corrected chi connectivity index (χ1v) is 12.3. The largest absolute Gasteiger partial charge is 0.324 e. The van der Waals surface area contributed by atoms with Crippen molar-refractivity contribution in [3.63, 3.8) is 0 Å². The van der Waals surface area contributed by atoms with Crippen molar-refractivity contribution in [3.8, 4) is 0 Å². The maximum absolute atomic E-state index is 13.4. The van der Waals surface area contributed by atoms with Crippen LogP contribution in [0.2, 0.25) is 0 Å². The monoisotopic (exact) mass is 473 g/mol. The van der Waals surface area contributed by atoms with Gasteiger partial charge in [0.1, 0.15) is 6.04 Å². The zero-order valence-electron chi connectivity index (χ0n) is 19.1. The first-order chi connectivity index (χ1) is 16.6. The van der Waals surface area contributed by atoms with Crippen molar-refractivity contribution in [1.29, 1.82) is 0 Å². The van der Waals surface area contributed by atoms with Crippen molar-refractivity contribution in [2.45, 2.75) is 19.5 Å². The summed E-state index contributed by atoms with van der Waals surface area (Å²) >= 11 is 1.46. The molecule has 1 aliphatic heterocycles. The van der Waals surface area contributed by atoms with Gasteiger partial charge in [-0.1, -0.05) is 48.0 Å². The number of hydrogen-bond donors (Lipinski definition) is 1. The zero-order valence-corrected chi connectivity index (χ0v) is 19.9. The Bertz CT molecular complexity index is 1320. The van der Waals surface area contributed by atoms with Crippen LogP contribution in [0.3, 0.4) is 0 Å². The van der Waals surface area contributed by atoms with E-state index in [1.165, 1.54) is 11.3 Å². The molecule has 1 aliphatic rings. The number of carbonyl (C=O) groups excluding carboxylic acids is 1. The number of aromatic nitrogens is 2. The number of carbonyl (C=O) groups is 1. The Kier molecular flexibility index (Phi) is 6.53. The summed E-state index contributed by atoms with van der Waals surface area (Å²) < 4.78 is 1.57. The van der Waals surface area contributed by atoms with Crippen LogP contribution in [-0.2, 0) is 11.3 Å². The highest BCUT2D eigenvalue weighted by molar-refractivity contribution is 7.15. The van der Waals surface area contributed by atoms with Gasteiger partial charge in [0.05, 0.1) is 5.69 Å². The number of nitrogens with zero attached hydrogens (tertiary/aromatic N) is 4. The molecule has 0 bridgehead atoms. The fraction of sp³-hybridized carbons (Fsp3) is 0.269. The summed E-state index contributed by atoms with van der Waals surface area (Å²) in [6, 6.07) is 19.1. The van der Waals surface area contributed by atoms with E-state index in [-0.39, 0.29) is 17.5 Å². The summed E-state index contributed by atoms with van der Waals surface area (Å²) in [7, 11) is 0. The molecular weight excluding hydrogens is 446 g/mol. The molecule has 1 N–H and O–H groups in total. The number of benzene rings is 2. The van der Waals surface area contributed by atoms with Crippen LogP contribution >= 0.6 is 11.3 Å². The van der Waals surface area contributed by atoms with E-state index in [1.807, 2.05) is 66.9 Å². The van der Waals surface area contributed by atoms with Gasteiger partial charge in [-0.25, -0.2) is 4.98 Å². The fourth-order valence-electron chi connectivity index (χ4n) is 4.39. The molecule has 0 saturated carbocycles. The number of piperazine rings is 1. The molecule has 2 aromatic carbocycles. The Morgan fingerprint density at radius 2 is 1.79 bits per heavy atom. The number of hydrogen-bond acceptors (Lipinski definition) is 6. The minimum Gasteiger partial charge on any atom is -0.324 e. The van der Waals surface area contributed by atoms with Crippen molar-refractivity contribution < 1.29 is 4.79 Å². The number of aryl methyl sites for hydroxylation is 1. The van der Waals surface area contributed by atoms with Gasteiger partial charge in [-0.05, 0) is 24.6 Å². The van der Waals surface area contributed by atoms with Crippen LogP contribution in [0.5, 0.6) is 0 Å². The van der Waals surface area contributed by atoms with Crippen LogP contribution in [0, 0.1) is 6.92 Å². The number of fused-ring (bicyclic) bond motifs is 1. The zero-order chi connectivity index (χ0) is 23.5. The molecule has 4 aromatic rings. The van der Waals surface area contributed by atoms with Gasteiger partial charge >= 0.3 is 0 Å². The van der Waals surface area contributed by atoms with E-state index in [1.54, 1.807) is 16.7 Å². The van der Waals surface area contributed by atoms with Crippen molar-refractivity contribution in [2.24, 2.45) is 0 Å². The molecule has 2 aromatic heterocycles. The van der Waals surface area contributed by atoms with Crippen LogP contribution in [0.25, 0.3) is 4.96 Å². The lowest BCUT2D eigenvalue weighted by Crippen LogP contribution is -2.49. The Balaban J connectivity index is 1.28. The molecule has 5 rings (SSSR count). The molecule has 174 valence electrons. The fourth-order valence-corrected chi connectivity index (χ4v) is 5.13. The predicted molar refractivity (Wildman–Crippen MR) is 135 cm³/mol. The van der Waals surface area contributed by atoms with E-state index < -0.39 is 0 Å². The third-order valence-electron chi connectivity index (χ3n) is 6.20. The second-order valence-electron chi connectivity index (χ2n) is 8.62. The normalized spacial score (nSPS) is 15.9. The second kappa shape index (κ2) is 9.89. The van der Waals surface area contributed by atoms with Crippen molar-refractivity contribution in [2.75, 3.05) is 31.5 Å². The first-order valence-electron chi connectivity index (χ1n) is 11.4. The number of nitrogens with one attached hydrogen (secondary N) is 1. The molecule has 7 nitrogen and oxygen atoms in total. The summed E-state index contributed by atoms with van der Waals surface area (Å²) in [5.41, 5.74) is 3.69. The van der Waals surface area contributed by atoms with Crippen LogP contribution in [0.4, 0.5) is 5.69 Å². The quantitative estimate of drug-likeness (QED) is 0.464. The Morgan fingerprint density at radius 3 is 2.53 bits per heavy atom. The summed E-state index contributed by atoms with van der Waals surface area (Å²) in [5, 5.41) is 4.97.